The highest BCUT2D eigenvalue weighted by atomic mass is 35.5. The zero-order valence-electron chi connectivity index (χ0n) is 16.0. The van der Waals surface area contributed by atoms with Crippen LogP contribution in [0.25, 0.3) is 27.9 Å². The summed E-state index contributed by atoms with van der Waals surface area (Å²) in [6.07, 6.45) is 3.28. The molecule has 3 nitrogen and oxygen atoms in total. The van der Waals surface area contributed by atoms with E-state index in [0.717, 1.165) is 44.2 Å². The second-order valence-corrected chi connectivity index (χ2v) is 7.28. The molecule has 0 atom stereocenters. The van der Waals surface area contributed by atoms with E-state index in [1.54, 1.807) is 12.2 Å². The Morgan fingerprint density at radius 3 is 2.61 bits per heavy atom. The number of allylic oxidation sites excluding steroid dienone is 1. The molecule has 0 aliphatic rings. The summed E-state index contributed by atoms with van der Waals surface area (Å²) in [6.45, 7) is 5.84. The molecule has 0 N–H and O–H groups in total. The maximum atomic E-state index is 12.9. The molecule has 0 aliphatic heterocycles. The van der Waals surface area contributed by atoms with Gasteiger partial charge < -0.3 is 0 Å². The number of benzene rings is 2. The van der Waals surface area contributed by atoms with Gasteiger partial charge in [0.25, 0.3) is 0 Å². The van der Waals surface area contributed by atoms with Crippen LogP contribution < -0.4 is 0 Å². The molecule has 0 bridgehead atoms. The lowest BCUT2D eigenvalue weighted by molar-refractivity contribution is 0.104. The Balaban J connectivity index is 1.75. The number of aromatic nitrogens is 2. The van der Waals surface area contributed by atoms with Crippen molar-refractivity contribution in [1.82, 2.24) is 9.97 Å². The maximum absolute atomic E-state index is 12.9. The van der Waals surface area contributed by atoms with Crippen LogP contribution in [-0.2, 0) is 0 Å². The van der Waals surface area contributed by atoms with Crippen molar-refractivity contribution in [2.24, 2.45) is 0 Å². The summed E-state index contributed by atoms with van der Waals surface area (Å²) in [5.74, 6) is -0.0892. The number of aryl methyl sites for hydroxylation is 3. The fourth-order valence-electron chi connectivity index (χ4n) is 3.60. The van der Waals surface area contributed by atoms with Gasteiger partial charge in [0, 0.05) is 27.6 Å². The van der Waals surface area contributed by atoms with Gasteiger partial charge in [-0.2, -0.15) is 0 Å². The Bertz CT molecular complexity index is 1270. The van der Waals surface area contributed by atoms with Crippen LogP contribution in [0, 0.1) is 20.8 Å². The molecule has 4 heteroatoms. The number of pyridine rings is 2. The summed E-state index contributed by atoms with van der Waals surface area (Å²) in [4.78, 5) is 22.0. The normalized spacial score (nSPS) is 11.6. The molecule has 2 heterocycles. The third-order valence-corrected chi connectivity index (χ3v) is 5.32. The topological polar surface area (TPSA) is 42.9 Å². The Hall–Kier alpha value is -3.04. The van der Waals surface area contributed by atoms with Crippen molar-refractivity contribution >= 4 is 45.3 Å². The Morgan fingerprint density at radius 2 is 1.79 bits per heavy atom. The van der Waals surface area contributed by atoms with Gasteiger partial charge in [-0.25, -0.2) is 4.98 Å². The highest BCUT2D eigenvalue weighted by Crippen LogP contribution is 2.26. The van der Waals surface area contributed by atoms with Crippen molar-refractivity contribution in [3.8, 4) is 0 Å². The van der Waals surface area contributed by atoms with Crippen molar-refractivity contribution in [2.45, 2.75) is 20.8 Å². The summed E-state index contributed by atoms with van der Waals surface area (Å²) in [5.41, 5.74) is 5.87. The number of carbonyl (C=O) groups is 1. The van der Waals surface area contributed by atoms with Crippen LogP contribution >= 0.6 is 11.6 Å². The first kappa shape index (κ1) is 18.3. The lowest BCUT2D eigenvalue weighted by Gasteiger charge is -2.10. The van der Waals surface area contributed by atoms with Crippen LogP contribution in [-0.4, -0.2) is 15.8 Å². The molecule has 138 valence electrons. The molecular formula is C24H19ClN2O. The number of halogens is 1. The van der Waals surface area contributed by atoms with Gasteiger partial charge in [0.15, 0.2) is 5.78 Å². The lowest BCUT2D eigenvalue weighted by Crippen LogP contribution is -2.04. The molecule has 0 fully saturated rings. The molecule has 2 aromatic carbocycles. The fraction of sp³-hybridized carbons (Fsp3) is 0.125. The quantitative estimate of drug-likeness (QED) is 0.237. The average molecular weight is 387 g/mol. The molecule has 0 amide bonds. The smallest absolute Gasteiger partial charge is 0.187 e. The zero-order valence-corrected chi connectivity index (χ0v) is 16.7. The standard InChI is InChI=1S/C24H19ClN2O/c1-14-7-6-8-17-13-18(24(25)27-23(14)17)11-12-21(28)22-15(2)19-9-4-5-10-20(19)26-16(22)3/h4-13H,1-3H3/b12-11+. The molecule has 0 unspecified atom stereocenters. The summed E-state index contributed by atoms with van der Waals surface area (Å²) < 4.78 is 0. The zero-order chi connectivity index (χ0) is 19.8. The minimum Gasteiger partial charge on any atom is -0.289 e. The van der Waals surface area contributed by atoms with Gasteiger partial charge in [-0.15, -0.1) is 0 Å². The molecule has 0 saturated carbocycles. The van der Waals surface area contributed by atoms with Crippen molar-refractivity contribution in [3.63, 3.8) is 0 Å². The van der Waals surface area contributed by atoms with Crippen LogP contribution in [0.2, 0.25) is 5.15 Å². The SMILES string of the molecule is Cc1nc2ccccc2c(C)c1C(=O)/C=C/c1cc2cccc(C)c2nc1Cl. The highest BCUT2D eigenvalue weighted by Gasteiger charge is 2.14. The fourth-order valence-corrected chi connectivity index (χ4v) is 3.80. The van der Waals surface area contributed by atoms with Crippen LogP contribution in [0.4, 0.5) is 0 Å². The Morgan fingerprint density at radius 1 is 1.00 bits per heavy atom. The molecule has 2 aromatic heterocycles. The number of rotatable bonds is 3. The Labute approximate surface area is 168 Å². The van der Waals surface area contributed by atoms with Gasteiger partial charge in [-0.1, -0.05) is 48.0 Å². The van der Waals surface area contributed by atoms with E-state index < -0.39 is 0 Å². The van der Waals surface area contributed by atoms with Crippen molar-refractivity contribution < 1.29 is 4.79 Å². The van der Waals surface area contributed by atoms with E-state index in [4.69, 9.17) is 11.6 Å². The first-order chi connectivity index (χ1) is 13.5. The minimum atomic E-state index is -0.0892. The third-order valence-electron chi connectivity index (χ3n) is 5.02. The van der Waals surface area contributed by atoms with E-state index in [-0.39, 0.29) is 5.78 Å². The number of nitrogens with zero attached hydrogens (tertiary/aromatic N) is 2. The van der Waals surface area contributed by atoms with Gasteiger partial charge in [0.2, 0.25) is 0 Å². The van der Waals surface area contributed by atoms with Crippen molar-refractivity contribution in [3.05, 3.63) is 87.7 Å². The van der Waals surface area contributed by atoms with E-state index in [1.165, 1.54) is 0 Å². The first-order valence-corrected chi connectivity index (χ1v) is 9.47. The summed E-state index contributed by atoms with van der Waals surface area (Å²) >= 11 is 6.36. The molecule has 0 spiro atoms. The van der Waals surface area contributed by atoms with Gasteiger partial charge >= 0.3 is 0 Å². The summed E-state index contributed by atoms with van der Waals surface area (Å²) in [5, 5.41) is 2.37. The first-order valence-electron chi connectivity index (χ1n) is 9.10. The predicted molar refractivity (Wildman–Crippen MR) is 116 cm³/mol. The van der Waals surface area contributed by atoms with Crippen LogP contribution in [0.1, 0.15) is 32.7 Å². The number of fused-ring (bicyclic) bond motifs is 2. The largest absolute Gasteiger partial charge is 0.289 e. The molecule has 28 heavy (non-hydrogen) atoms. The van der Waals surface area contributed by atoms with Crippen molar-refractivity contribution in [2.75, 3.05) is 0 Å². The number of hydrogen-bond acceptors (Lipinski definition) is 3. The molecule has 0 aliphatic carbocycles. The lowest BCUT2D eigenvalue weighted by atomic mass is 9.98. The van der Waals surface area contributed by atoms with Gasteiger partial charge in [0.05, 0.1) is 11.0 Å². The van der Waals surface area contributed by atoms with Crippen LogP contribution in [0.15, 0.2) is 54.6 Å². The highest BCUT2D eigenvalue weighted by molar-refractivity contribution is 6.31. The van der Waals surface area contributed by atoms with E-state index in [2.05, 4.69) is 9.97 Å². The Kier molecular flexibility index (Phi) is 4.70. The second kappa shape index (κ2) is 7.17. The summed E-state index contributed by atoms with van der Waals surface area (Å²) in [7, 11) is 0. The molecule has 4 aromatic rings. The number of hydrogen-bond donors (Lipinski definition) is 0. The van der Waals surface area contributed by atoms with Crippen molar-refractivity contribution in [1.29, 1.82) is 0 Å². The van der Waals surface area contributed by atoms with E-state index in [1.807, 2.05) is 69.3 Å². The third kappa shape index (κ3) is 3.19. The number of para-hydroxylation sites is 2. The van der Waals surface area contributed by atoms with Crippen LogP contribution in [0.5, 0.6) is 0 Å². The van der Waals surface area contributed by atoms with E-state index in [0.29, 0.717) is 10.7 Å². The maximum Gasteiger partial charge on any atom is 0.187 e. The summed E-state index contributed by atoms with van der Waals surface area (Å²) in [6, 6.07) is 15.8. The monoisotopic (exact) mass is 386 g/mol. The average Bonchev–Trinajstić information content (AvgIpc) is 2.67. The predicted octanol–water partition coefficient (Wildman–Crippen LogP) is 6.26. The van der Waals surface area contributed by atoms with Gasteiger partial charge in [-0.05, 0) is 56.2 Å². The van der Waals surface area contributed by atoms with E-state index >= 15 is 0 Å². The minimum absolute atomic E-state index is 0.0892. The second-order valence-electron chi connectivity index (χ2n) is 6.93. The number of ketones is 1. The number of carbonyl (C=O) groups excluding carboxylic acids is 1. The molecular weight excluding hydrogens is 368 g/mol. The molecule has 4 rings (SSSR count). The van der Waals surface area contributed by atoms with Crippen LogP contribution in [0.3, 0.4) is 0 Å². The molecule has 0 saturated heterocycles. The van der Waals surface area contributed by atoms with Gasteiger partial charge in [0.1, 0.15) is 5.15 Å². The van der Waals surface area contributed by atoms with Gasteiger partial charge in [-0.3, -0.25) is 9.78 Å². The molecule has 0 radical (unpaired) electrons. The van der Waals surface area contributed by atoms with E-state index in [9.17, 15) is 4.79 Å².